The van der Waals surface area contributed by atoms with Crippen molar-refractivity contribution in [2.45, 2.75) is 18.9 Å². The third-order valence-electron chi connectivity index (χ3n) is 5.45. The van der Waals surface area contributed by atoms with Crippen molar-refractivity contribution in [3.05, 3.63) is 82.5 Å². The number of aromatic nitrogens is 1. The summed E-state index contributed by atoms with van der Waals surface area (Å²) in [5.41, 5.74) is 2.48. The molecule has 2 aromatic carbocycles. The number of benzene rings is 2. The molecule has 188 valence electrons. The number of halogens is 6. The van der Waals surface area contributed by atoms with Crippen LogP contribution in [0.3, 0.4) is 0 Å². The number of carbonyl (C=O) groups is 2. The molecule has 0 saturated carbocycles. The Bertz CT molecular complexity index is 1290. The van der Waals surface area contributed by atoms with Crippen LogP contribution in [0.1, 0.15) is 37.5 Å². The number of nitrogens with two attached hydrogens (primary N) is 1. The van der Waals surface area contributed by atoms with Gasteiger partial charge in [0.05, 0.1) is 17.7 Å². The van der Waals surface area contributed by atoms with Crippen LogP contribution in [-0.2, 0) is 18.9 Å². The fourth-order valence-corrected chi connectivity index (χ4v) is 3.80. The van der Waals surface area contributed by atoms with Crippen molar-refractivity contribution in [2.24, 2.45) is 5.73 Å². The van der Waals surface area contributed by atoms with E-state index >= 15 is 0 Å². The number of carbonyl (C=O) groups excluding carboxylic acids is 2. The second kappa shape index (κ2) is 9.17. The molecule has 0 unspecified atom stereocenters. The molecule has 2 heterocycles. The summed E-state index contributed by atoms with van der Waals surface area (Å²) in [7, 11) is 0. The highest BCUT2D eigenvalue weighted by atomic mass is 19.4. The summed E-state index contributed by atoms with van der Waals surface area (Å²) in [6.07, 6.45) is -10.0. The van der Waals surface area contributed by atoms with Crippen LogP contribution in [0.15, 0.2) is 54.6 Å². The van der Waals surface area contributed by atoms with E-state index in [0.717, 1.165) is 4.90 Å². The van der Waals surface area contributed by atoms with Gasteiger partial charge in [-0.25, -0.2) is 4.98 Å². The topological polar surface area (TPSA) is 85.5 Å². The maximum Gasteiger partial charge on any atom is 0.416 e. The van der Waals surface area contributed by atoms with Gasteiger partial charge in [-0.3, -0.25) is 9.59 Å². The third kappa shape index (κ3) is 5.11. The molecule has 0 radical (unpaired) electrons. The lowest BCUT2D eigenvalue weighted by Gasteiger charge is -2.22. The first-order valence-corrected chi connectivity index (χ1v) is 10.5. The van der Waals surface area contributed by atoms with Crippen LogP contribution in [0.25, 0.3) is 11.1 Å². The van der Waals surface area contributed by atoms with Gasteiger partial charge in [0.1, 0.15) is 17.9 Å². The molecule has 2 amide bonds. The van der Waals surface area contributed by atoms with Crippen LogP contribution in [0.2, 0.25) is 0 Å². The minimum atomic E-state index is -5.02. The predicted molar refractivity (Wildman–Crippen MR) is 115 cm³/mol. The van der Waals surface area contributed by atoms with Crippen molar-refractivity contribution in [3.63, 3.8) is 0 Å². The van der Waals surface area contributed by atoms with Gasteiger partial charge in [-0.15, -0.1) is 0 Å². The summed E-state index contributed by atoms with van der Waals surface area (Å²) in [6.45, 7) is -0.888. The van der Waals surface area contributed by atoms with E-state index in [0.29, 0.717) is 17.7 Å². The van der Waals surface area contributed by atoms with E-state index in [1.165, 1.54) is 6.07 Å². The average molecular weight is 509 g/mol. The van der Waals surface area contributed by atoms with Gasteiger partial charge in [0.2, 0.25) is 5.88 Å². The molecule has 6 nitrogen and oxygen atoms in total. The van der Waals surface area contributed by atoms with E-state index in [9.17, 15) is 35.9 Å². The van der Waals surface area contributed by atoms with E-state index in [2.05, 4.69) is 4.98 Å². The summed E-state index contributed by atoms with van der Waals surface area (Å²) in [5.74, 6) is -1.83. The van der Waals surface area contributed by atoms with Crippen LogP contribution in [-0.4, -0.2) is 34.8 Å². The van der Waals surface area contributed by atoms with Crippen molar-refractivity contribution < 1.29 is 40.7 Å². The van der Waals surface area contributed by atoms with E-state index in [1.54, 1.807) is 30.3 Å². The van der Waals surface area contributed by atoms with Gasteiger partial charge in [-0.05, 0) is 35.4 Å². The molecule has 0 aliphatic carbocycles. The normalized spacial score (nSPS) is 14.2. The van der Waals surface area contributed by atoms with Gasteiger partial charge in [0, 0.05) is 12.1 Å². The average Bonchev–Trinajstić information content (AvgIpc) is 2.96. The lowest BCUT2D eigenvalue weighted by molar-refractivity contribution is -0.143. The van der Waals surface area contributed by atoms with Crippen LogP contribution < -0.4 is 10.5 Å². The molecular weight excluding hydrogens is 492 g/mol. The Kier molecular flexibility index (Phi) is 6.37. The predicted octanol–water partition coefficient (Wildman–Crippen LogP) is 4.92. The Labute approximate surface area is 200 Å². The van der Waals surface area contributed by atoms with Crippen LogP contribution >= 0.6 is 0 Å². The molecule has 0 saturated heterocycles. The standard InChI is InChI=1S/C24H17F6N3O3/c25-23(26,27)15-8-13(9-16(10-15)24(28,29)30)12-33-6-7-36-21-19(22(33)35)17(11-18(32-21)20(31)34)14-4-2-1-3-5-14/h1-5,8-11H,6-7,12H2,(H2,31,34). The molecule has 0 bridgehead atoms. The summed E-state index contributed by atoms with van der Waals surface area (Å²) in [6, 6.07) is 10.8. The van der Waals surface area contributed by atoms with Gasteiger partial charge in [-0.2, -0.15) is 26.3 Å². The highest BCUT2D eigenvalue weighted by molar-refractivity contribution is 6.05. The quantitative estimate of drug-likeness (QED) is 0.506. The highest BCUT2D eigenvalue weighted by Crippen LogP contribution is 2.37. The van der Waals surface area contributed by atoms with Crippen LogP contribution in [0.5, 0.6) is 5.88 Å². The van der Waals surface area contributed by atoms with Crippen molar-refractivity contribution in [1.82, 2.24) is 9.88 Å². The molecule has 1 aromatic heterocycles. The number of hydrogen-bond acceptors (Lipinski definition) is 4. The van der Waals surface area contributed by atoms with E-state index in [-0.39, 0.29) is 47.5 Å². The highest BCUT2D eigenvalue weighted by Gasteiger charge is 2.37. The third-order valence-corrected chi connectivity index (χ3v) is 5.45. The smallest absolute Gasteiger partial charge is 0.416 e. The first-order valence-electron chi connectivity index (χ1n) is 10.5. The van der Waals surface area contributed by atoms with Gasteiger partial charge < -0.3 is 15.4 Å². The summed E-state index contributed by atoms with van der Waals surface area (Å²) in [5, 5.41) is 0. The number of hydrogen-bond donors (Lipinski definition) is 1. The van der Waals surface area contributed by atoms with Crippen LogP contribution in [0, 0.1) is 0 Å². The molecular formula is C24H17F6N3O3. The lowest BCUT2D eigenvalue weighted by atomic mass is 9.98. The monoisotopic (exact) mass is 509 g/mol. The molecule has 1 aliphatic rings. The van der Waals surface area contributed by atoms with Crippen molar-refractivity contribution >= 4 is 11.8 Å². The summed E-state index contributed by atoms with van der Waals surface area (Å²) in [4.78, 5) is 30.4. The second-order valence-corrected chi connectivity index (χ2v) is 7.95. The lowest BCUT2D eigenvalue weighted by Crippen LogP contribution is -2.32. The van der Waals surface area contributed by atoms with Crippen molar-refractivity contribution in [2.75, 3.05) is 13.2 Å². The maximum absolute atomic E-state index is 13.5. The first kappa shape index (κ1) is 25.0. The number of pyridine rings is 1. The van der Waals surface area contributed by atoms with Gasteiger partial charge in [0.15, 0.2) is 0 Å². The number of primary amides is 1. The van der Waals surface area contributed by atoms with E-state index < -0.39 is 41.8 Å². The van der Waals surface area contributed by atoms with Crippen LogP contribution in [0.4, 0.5) is 26.3 Å². The molecule has 4 rings (SSSR count). The molecule has 0 atom stereocenters. The second-order valence-electron chi connectivity index (χ2n) is 7.95. The number of rotatable bonds is 4. The molecule has 12 heteroatoms. The molecule has 2 N–H and O–H groups in total. The number of amides is 2. The Morgan fingerprint density at radius 3 is 2.14 bits per heavy atom. The zero-order valence-corrected chi connectivity index (χ0v) is 18.3. The molecule has 3 aromatic rings. The van der Waals surface area contributed by atoms with E-state index in [1.807, 2.05) is 0 Å². The Morgan fingerprint density at radius 1 is 0.972 bits per heavy atom. The minimum Gasteiger partial charge on any atom is -0.475 e. The summed E-state index contributed by atoms with van der Waals surface area (Å²) >= 11 is 0. The fraction of sp³-hybridized carbons (Fsp3) is 0.208. The minimum absolute atomic E-state index is 0.0228. The molecule has 0 spiro atoms. The molecule has 1 aliphatic heterocycles. The Morgan fingerprint density at radius 2 is 1.58 bits per heavy atom. The number of ether oxygens (including phenoxy) is 1. The van der Waals surface area contributed by atoms with Crippen molar-refractivity contribution in [3.8, 4) is 17.0 Å². The van der Waals surface area contributed by atoms with Crippen molar-refractivity contribution in [1.29, 1.82) is 0 Å². The summed E-state index contributed by atoms with van der Waals surface area (Å²) < 4.78 is 85.3. The van der Waals surface area contributed by atoms with Gasteiger partial charge in [0.25, 0.3) is 11.8 Å². The largest absolute Gasteiger partial charge is 0.475 e. The fourth-order valence-electron chi connectivity index (χ4n) is 3.80. The zero-order chi connectivity index (χ0) is 26.3. The Balaban J connectivity index is 1.80. The number of fused-ring (bicyclic) bond motifs is 1. The molecule has 36 heavy (non-hydrogen) atoms. The van der Waals surface area contributed by atoms with Gasteiger partial charge >= 0.3 is 12.4 Å². The number of nitrogens with zero attached hydrogens (tertiary/aromatic N) is 2. The SMILES string of the molecule is NC(=O)c1cc(-c2ccccc2)c2c(n1)OCCN(Cc1cc(C(F)(F)F)cc(C(F)(F)F)c1)C2=O. The maximum atomic E-state index is 13.5. The first-order chi connectivity index (χ1) is 16.8. The van der Waals surface area contributed by atoms with Gasteiger partial charge in [-0.1, -0.05) is 30.3 Å². The number of alkyl halides is 6. The zero-order valence-electron chi connectivity index (χ0n) is 18.3. The Hall–Kier alpha value is -4.09. The molecule has 0 fully saturated rings. The van der Waals surface area contributed by atoms with E-state index in [4.69, 9.17) is 10.5 Å².